The van der Waals surface area contributed by atoms with E-state index < -0.39 is 5.60 Å². The number of benzene rings is 1. The summed E-state index contributed by atoms with van der Waals surface area (Å²) in [5.74, 6) is -0.418. The van der Waals surface area contributed by atoms with Crippen molar-refractivity contribution >= 4 is 5.91 Å². The van der Waals surface area contributed by atoms with Crippen LogP contribution in [0.5, 0.6) is 0 Å². The minimum Gasteiger partial charge on any atom is -0.388 e. The van der Waals surface area contributed by atoms with E-state index in [2.05, 4.69) is 27.0 Å². The molecule has 0 aliphatic carbocycles. The Morgan fingerprint density at radius 2 is 1.87 bits per heavy atom. The molecule has 1 atom stereocenters. The van der Waals surface area contributed by atoms with Gasteiger partial charge in [0, 0.05) is 51.4 Å². The summed E-state index contributed by atoms with van der Waals surface area (Å²) in [7, 11) is 2.12. The number of aromatic nitrogens is 2. The first-order valence-corrected chi connectivity index (χ1v) is 10.7. The number of carbonyl (C=O) groups excluding carboxylic acids is 1. The molecular weight excluding hydrogens is 385 g/mol. The molecule has 1 aromatic carbocycles. The van der Waals surface area contributed by atoms with Crippen molar-refractivity contribution < 1.29 is 14.3 Å². The summed E-state index contributed by atoms with van der Waals surface area (Å²) in [6.07, 6.45) is 2.05. The number of nitrogens with zero attached hydrogens (tertiary/aromatic N) is 4. The van der Waals surface area contributed by atoms with Crippen molar-refractivity contribution in [2.45, 2.75) is 24.9 Å². The second-order valence-electron chi connectivity index (χ2n) is 8.62. The molecule has 4 rings (SSSR count). The van der Waals surface area contributed by atoms with E-state index in [0.717, 1.165) is 38.2 Å². The standard InChI is InChI=1S/C22H30FN5O2/c1-26-11-13-27(14-12-26)16-22(30)7-2-9-28(10-8-22)21(29)20-15-19(24-25-20)17-3-5-18(23)6-4-17/h3-6,15,30H,2,7-14,16H2,1H3,(H,24,25). The fraction of sp³-hybridized carbons (Fsp3) is 0.545. The molecule has 0 radical (unpaired) electrons. The number of halogens is 1. The monoisotopic (exact) mass is 415 g/mol. The van der Waals surface area contributed by atoms with Gasteiger partial charge in [0.1, 0.15) is 11.5 Å². The normalized spacial score (nSPS) is 24.0. The molecular formula is C22H30FN5O2. The predicted octanol–water partition coefficient (Wildman–Crippen LogP) is 1.82. The minimum atomic E-state index is -0.752. The Morgan fingerprint density at radius 3 is 2.60 bits per heavy atom. The van der Waals surface area contributed by atoms with Crippen molar-refractivity contribution in [1.82, 2.24) is 24.9 Å². The van der Waals surface area contributed by atoms with Crippen LogP contribution >= 0.6 is 0 Å². The lowest BCUT2D eigenvalue weighted by atomic mass is 9.94. The summed E-state index contributed by atoms with van der Waals surface area (Å²) >= 11 is 0. The van der Waals surface area contributed by atoms with Crippen molar-refractivity contribution in [3.8, 4) is 11.3 Å². The lowest BCUT2D eigenvalue weighted by molar-refractivity contribution is -0.0179. The highest BCUT2D eigenvalue weighted by Crippen LogP contribution is 2.25. The number of hydrogen-bond acceptors (Lipinski definition) is 5. The minimum absolute atomic E-state index is 0.111. The second kappa shape index (κ2) is 8.83. The molecule has 2 fully saturated rings. The van der Waals surface area contributed by atoms with E-state index in [1.165, 1.54) is 12.1 Å². The summed E-state index contributed by atoms with van der Waals surface area (Å²) in [4.78, 5) is 19.4. The number of likely N-dealkylation sites (tertiary alicyclic amines) is 1. The molecule has 2 aliphatic rings. The van der Waals surface area contributed by atoms with Gasteiger partial charge in [-0.05, 0) is 56.6 Å². The number of carbonyl (C=O) groups is 1. The molecule has 8 heteroatoms. The maximum Gasteiger partial charge on any atom is 0.271 e. The van der Waals surface area contributed by atoms with Crippen LogP contribution in [0.2, 0.25) is 0 Å². The highest BCUT2D eigenvalue weighted by Gasteiger charge is 2.34. The summed E-state index contributed by atoms with van der Waals surface area (Å²) in [5, 5.41) is 18.2. The largest absolute Gasteiger partial charge is 0.388 e. The van der Waals surface area contributed by atoms with Crippen LogP contribution in [-0.2, 0) is 0 Å². The van der Waals surface area contributed by atoms with Crippen LogP contribution in [0, 0.1) is 5.82 Å². The van der Waals surface area contributed by atoms with Crippen LogP contribution in [-0.4, -0.2) is 94.4 Å². The Morgan fingerprint density at radius 1 is 1.13 bits per heavy atom. The summed E-state index contributed by atoms with van der Waals surface area (Å²) in [5.41, 5.74) is 1.03. The maximum absolute atomic E-state index is 13.1. The summed E-state index contributed by atoms with van der Waals surface area (Å²) in [6.45, 7) is 5.81. The van der Waals surface area contributed by atoms with E-state index >= 15 is 0 Å². The van der Waals surface area contributed by atoms with Gasteiger partial charge in [-0.1, -0.05) is 0 Å². The van der Waals surface area contributed by atoms with Crippen molar-refractivity contribution in [2.24, 2.45) is 0 Å². The van der Waals surface area contributed by atoms with Crippen molar-refractivity contribution in [3.63, 3.8) is 0 Å². The van der Waals surface area contributed by atoms with E-state index in [1.807, 2.05) is 0 Å². The van der Waals surface area contributed by atoms with Crippen LogP contribution in [0.1, 0.15) is 29.8 Å². The quantitative estimate of drug-likeness (QED) is 0.797. The number of H-pyrrole nitrogens is 1. The van der Waals surface area contributed by atoms with E-state index in [4.69, 9.17) is 0 Å². The average molecular weight is 416 g/mol. The molecule has 162 valence electrons. The Hall–Kier alpha value is -2.29. The number of hydrogen-bond donors (Lipinski definition) is 2. The SMILES string of the molecule is CN1CCN(CC2(O)CCCN(C(=O)c3cc(-c4ccc(F)cc4)n[nH]3)CC2)CC1. The average Bonchev–Trinajstić information content (AvgIpc) is 3.14. The van der Waals surface area contributed by atoms with Gasteiger partial charge in [0.15, 0.2) is 0 Å². The van der Waals surface area contributed by atoms with Gasteiger partial charge in [-0.25, -0.2) is 4.39 Å². The van der Waals surface area contributed by atoms with Gasteiger partial charge in [0.25, 0.3) is 5.91 Å². The fourth-order valence-corrected chi connectivity index (χ4v) is 4.33. The number of aromatic amines is 1. The van der Waals surface area contributed by atoms with Crippen LogP contribution < -0.4 is 0 Å². The lowest BCUT2D eigenvalue weighted by Gasteiger charge is -2.38. The molecule has 0 saturated carbocycles. The van der Waals surface area contributed by atoms with E-state index in [9.17, 15) is 14.3 Å². The number of rotatable bonds is 4. The van der Waals surface area contributed by atoms with Gasteiger partial charge in [-0.15, -0.1) is 0 Å². The fourth-order valence-electron chi connectivity index (χ4n) is 4.33. The molecule has 30 heavy (non-hydrogen) atoms. The number of aliphatic hydroxyl groups is 1. The third-order valence-corrected chi connectivity index (χ3v) is 6.27. The van der Waals surface area contributed by atoms with Gasteiger partial charge in [-0.2, -0.15) is 5.10 Å². The molecule has 7 nitrogen and oxygen atoms in total. The molecule has 1 unspecified atom stereocenters. The molecule has 2 aromatic rings. The van der Waals surface area contributed by atoms with Crippen LogP contribution in [0.3, 0.4) is 0 Å². The maximum atomic E-state index is 13.1. The first-order chi connectivity index (χ1) is 14.4. The first-order valence-electron chi connectivity index (χ1n) is 10.7. The zero-order valence-electron chi connectivity index (χ0n) is 17.5. The van der Waals surface area contributed by atoms with Gasteiger partial charge < -0.3 is 14.9 Å². The second-order valence-corrected chi connectivity index (χ2v) is 8.62. The number of likely N-dealkylation sites (N-methyl/N-ethyl adjacent to an activating group) is 1. The molecule has 3 heterocycles. The molecule has 2 saturated heterocycles. The Kier molecular flexibility index (Phi) is 6.17. The number of nitrogens with one attached hydrogen (secondary N) is 1. The molecule has 2 N–H and O–H groups in total. The van der Waals surface area contributed by atoms with Gasteiger partial charge >= 0.3 is 0 Å². The molecule has 0 bridgehead atoms. The van der Waals surface area contributed by atoms with Crippen LogP contribution in [0.25, 0.3) is 11.3 Å². The van der Waals surface area contributed by atoms with E-state index in [-0.39, 0.29) is 11.7 Å². The van der Waals surface area contributed by atoms with Gasteiger partial charge in [0.05, 0.1) is 11.3 Å². The third kappa shape index (κ3) is 4.88. The summed E-state index contributed by atoms with van der Waals surface area (Å²) < 4.78 is 13.1. The van der Waals surface area contributed by atoms with E-state index in [1.54, 1.807) is 23.1 Å². The third-order valence-electron chi connectivity index (χ3n) is 6.27. The lowest BCUT2D eigenvalue weighted by Crippen LogP contribution is -2.51. The first kappa shape index (κ1) is 21.0. The molecule has 1 amide bonds. The molecule has 0 spiro atoms. The topological polar surface area (TPSA) is 75.7 Å². The summed E-state index contributed by atoms with van der Waals surface area (Å²) in [6, 6.07) is 7.74. The number of β-amino-alcohol motifs (C(OH)–C–C–N with tert-alkyl or cyclic N) is 1. The number of amides is 1. The highest BCUT2D eigenvalue weighted by atomic mass is 19.1. The Balaban J connectivity index is 1.37. The Bertz CT molecular complexity index is 863. The van der Waals surface area contributed by atoms with Crippen LogP contribution in [0.15, 0.2) is 30.3 Å². The molecule has 2 aliphatic heterocycles. The highest BCUT2D eigenvalue weighted by molar-refractivity contribution is 5.93. The number of piperazine rings is 1. The predicted molar refractivity (Wildman–Crippen MR) is 113 cm³/mol. The smallest absolute Gasteiger partial charge is 0.271 e. The zero-order chi connectivity index (χ0) is 21.1. The van der Waals surface area contributed by atoms with Crippen molar-refractivity contribution in [2.75, 3.05) is 52.9 Å². The van der Waals surface area contributed by atoms with Crippen LogP contribution in [0.4, 0.5) is 4.39 Å². The van der Waals surface area contributed by atoms with Gasteiger partial charge in [-0.3, -0.25) is 14.8 Å². The van der Waals surface area contributed by atoms with Gasteiger partial charge in [0.2, 0.25) is 0 Å². The zero-order valence-corrected chi connectivity index (χ0v) is 17.5. The van der Waals surface area contributed by atoms with E-state index in [0.29, 0.717) is 43.9 Å². The van der Waals surface area contributed by atoms with Crippen molar-refractivity contribution in [3.05, 3.63) is 41.8 Å². The Labute approximate surface area is 176 Å². The molecule has 1 aromatic heterocycles. The van der Waals surface area contributed by atoms with Crippen molar-refractivity contribution in [1.29, 1.82) is 0 Å².